The maximum absolute atomic E-state index is 10.8. The molecule has 100 valence electrons. The van der Waals surface area contributed by atoms with Gasteiger partial charge in [0, 0.05) is 12.6 Å². The molecule has 0 aliphatic carbocycles. The van der Waals surface area contributed by atoms with E-state index in [1.54, 1.807) is 12.1 Å². The molecule has 18 heavy (non-hydrogen) atoms. The number of unbranched alkanes of at least 4 members (excludes halogenated alkanes) is 3. The summed E-state index contributed by atoms with van der Waals surface area (Å²) in [5.74, 6) is 1.22. The molecule has 0 aromatic heterocycles. The molecule has 1 rings (SSSR count). The molecule has 0 amide bonds. The highest BCUT2D eigenvalue weighted by molar-refractivity contribution is 7.98. The molecule has 0 bridgehead atoms. The van der Waals surface area contributed by atoms with Crippen molar-refractivity contribution in [2.45, 2.75) is 25.7 Å². The van der Waals surface area contributed by atoms with E-state index >= 15 is 0 Å². The van der Waals surface area contributed by atoms with E-state index in [9.17, 15) is 10.1 Å². The second kappa shape index (κ2) is 8.80. The number of para-hydroxylation sites is 2. The van der Waals surface area contributed by atoms with Gasteiger partial charge >= 0.3 is 0 Å². The van der Waals surface area contributed by atoms with E-state index < -0.39 is 0 Å². The number of nitro benzene ring substituents is 1. The normalized spacial score (nSPS) is 10.3. The Bertz CT molecular complexity index is 372. The number of nitrogens with one attached hydrogen (secondary N) is 1. The van der Waals surface area contributed by atoms with E-state index in [-0.39, 0.29) is 10.6 Å². The second-order valence-corrected chi connectivity index (χ2v) is 5.09. The van der Waals surface area contributed by atoms with Crippen LogP contribution in [-0.2, 0) is 0 Å². The van der Waals surface area contributed by atoms with Gasteiger partial charge in [0.25, 0.3) is 5.69 Å². The van der Waals surface area contributed by atoms with Gasteiger partial charge in [-0.1, -0.05) is 25.0 Å². The molecule has 0 spiro atoms. The van der Waals surface area contributed by atoms with Crippen LogP contribution in [0.25, 0.3) is 0 Å². The zero-order valence-electron chi connectivity index (χ0n) is 10.7. The van der Waals surface area contributed by atoms with E-state index in [4.69, 9.17) is 0 Å². The van der Waals surface area contributed by atoms with Crippen LogP contribution < -0.4 is 5.32 Å². The fraction of sp³-hybridized carbons (Fsp3) is 0.538. The van der Waals surface area contributed by atoms with Gasteiger partial charge < -0.3 is 5.32 Å². The monoisotopic (exact) mass is 268 g/mol. The lowest BCUT2D eigenvalue weighted by Gasteiger charge is -2.06. The molecule has 5 heteroatoms. The van der Waals surface area contributed by atoms with Gasteiger partial charge in [-0.3, -0.25) is 10.1 Å². The van der Waals surface area contributed by atoms with Gasteiger partial charge in [-0.25, -0.2) is 0 Å². The smallest absolute Gasteiger partial charge is 0.292 e. The minimum atomic E-state index is -0.346. The summed E-state index contributed by atoms with van der Waals surface area (Å²) in [5, 5.41) is 13.9. The van der Waals surface area contributed by atoms with Gasteiger partial charge in [-0.2, -0.15) is 11.8 Å². The van der Waals surface area contributed by atoms with E-state index in [2.05, 4.69) is 11.6 Å². The average molecular weight is 268 g/mol. The molecule has 1 aromatic carbocycles. The Labute approximate surface area is 112 Å². The van der Waals surface area contributed by atoms with Gasteiger partial charge in [0.1, 0.15) is 5.69 Å². The molecule has 0 saturated heterocycles. The Kier molecular flexibility index (Phi) is 7.25. The molecule has 4 nitrogen and oxygen atoms in total. The summed E-state index contributed by atoms with van der Waals surface area (Å²) in [7, 11) is 0. The molecule has 0 unspecified atom stereocenters. The van der Waals surface area contributed by atoms with Crippen LogP contribution >= 0.6 is 11.8 Å². The predicted octanol–water partition coefficient (Wildman–Crippen LogP) is 3.93. The lowest BCUT2D eigenvalue weighted by atomic mass is 10.2. The summed E-state index contributed by atoms with van der Waals surface area (Å²) in [5.41, 5.74) is 0.770. The van der Waals surface area contributed by atoms with Crippen LogP contribution in [0.4, 0.5) is 11.4 Å². The first-order valence-electron chi connectivity index (χ1n) is 6.22. The molecule has 0 saturated carbocycles. The number of anilines is 1. The summed E-state index contributed by atoms with van der Waals surface area (Å²) in [6, 6.07) is 6.78. The predicted molar refractivity (Wildman–Crippen MR) is 78.4 cm³/mol. The Balaban J connectivity index is 2.25. The van der Waals surface area contributed by atoms with Crippen LogP contribution in [0.1, 0.15) is 25.7 Å². The minimum absolute atomic E-state index is 0.153. The molecule has 0 fully saturated rings. The number of thioether (sulfide) groups is 1. The van der Waals surface area contributed by atoms with E-state index in [0.717, 1.165) is 13.0 Å². The van der Waals surface area contributed by atoms with Gasteiger partial charge in [0.2, 0.25) is 0 Å². The number of hydrogen-bond acceptors (Lipinski definition) is 4. The maximum atomic E-state index is 10.8. The summed E-state index contributed by atoms with van der Waals surface area (Å²) >= 11 is 1.88. The first-order chi connectivity index (χ1) is 8.75. The van der Waals surface area contributed by atoms with Gasteiger partial charge in [-0.05, 0) is 30.9 Å². The number of nitro groups is 1. The zero-order valence-corrected chi connectivity index (χ0v) is 11.5. The summed E-state index contributed by atoms with van der Waals surface area (Å²) < 4.78 is 0. The third kappa shape index (κ3) is 5.40. The van der Waals surface area contributed by atoms with Crippen LogP contribution in [0.3, 0.4) is 0 Å². The molecular weight excluding hydrogens is 248 g/mol. The van der Waals surface area contributed by atoms with Crippen molar-refractivity contribution in [1.29, 1.82) is 0 Å². The Hall–Kier alpha value is -1.23. The largest absolute Gasteiger partial charge is 0.379 e. The molecule has 1 aromatic rings. The molecule has 0 aliphatic rings. The number of benzene rings is 1. The van der Waals surface area contributed by atoms with Crippen molar-refractivity contribution in [3.8, 4) is 0 Å². The molecular formula is C13H20N2O2S. The molecule has 0 radical (unpaired) electrons. The van der Waals surface area contributed by atoms with Crippen molar-refractivity contribution in [3.05, 3.63) is 34.4 Å². The van der Waals surface area contributed by atoms with E-state index in [1.165, 1.54) is 31.1 Å². The quantitative estimate of drug-likeness (QED) is 0.419. The standard InChI is InChI=1S/C13H20N2O2S/c1-18-11-7-3-2-6-10-14-12-8-4-5-9-13(12)15(16)17/h4-5,8-9,14H,2-3,6-7,10-11H2,1H3. The van der Waals surface area contributed by atoms with Crippen molar-refractivity contribution >= 4 is 23.1 Å². The molecule has 0 aliphatic heterocycles. The lowest BCUT2D eigenvalue weighted by Crippen LogP contribution is -2.04. The maximum Gasteiger partial charge on any atom is 0.292 e. The number of hydrogen-bond donors (Lipinski definition) is 1. The van der Waals surface area contributed by atoms with Crippen LogP contribution in [-0.4, -0.2) is 23.5 Å². The van der Waals surface area contributed by atoms with Crippen molar-refractivity contribution < 1.29 is 4.92 Å². The Morgan fingerprint density at radius 1 is 1.22 bits per heavy atom. The fourth-order valence-corrected chi connectivity index (χ4v) is 2.22. The first-order valence-corrected chi connectivity index (χ1v) is 7.61. The van der Waals surface area contributed by atoms with Crippen LogP contribution in [0.15, 0.2) is 24.3 Å². The van der Waals surface area contributed by atoms with Crippen LogP contribution in [0.5, 0.6) is 0 Å². The molecule has 1 N–H and O–H groups in total. The molecule has 0 heterocycles. The summed E-state index contributed by atoms with van der Waals surface area (Å²) in [6.45, 7) is 0.796. The lowest BCUT2D eigenvalue weighted by molar-refractivity contribution is -0.384. The van der Waals surface area contributed by atoms with Crippen molar-refractivity contribution in [1.82, 2.24) is 0 Å². The minimum Gasteiger partial charge on any atom is -0.379 e. The Morgan fingerprint density at radius 3 is 2.67 bits per heavy atom. The van der Waals surface area contributed by atoms with Gasteiger partial charge in [-0.15, -0.1) is 0 Å². The third-order valence-corrected chi connectivity index (χ3v) is 3.39. The van der Waals surface area contributed by atoms with Crippen LogP contribution in [0.2, 0.25) is 0 Å². The van der Waals surface area contributed by atoms with E-state index in [0.29, 0.717) is 5.69 Å². The fourth-order valence-electron chi connectivity index (χ4n) is 1.73. The summed E-state index contributed by atoms with van der Waals surface area (Å²) in [4.78, 5) is 10.4. The highest BCUT2D eigenvalue weighted by Gasteiger charge is 2.10. The molecule has 0 atom stereocenters. The zero-order chi connectivity index (χ0) is 13.2. The van der Waals surface area contributed by atoms with Crippen molar-refractivity contribution in [2.24, 2.45) is 0 Å². The SMILES string of the molecule is CSCCCCCCNc1ccccc1[N+](=O)[O-]. The van der Waals surface area contributed by atoms with Crippen LogP contribution in [0, 0.1) is 10.1 Å². The van der Waals surface area contributed by atoms with Gasteiger partial charge in [0.15, 0.2) is 0 Å². The van der Waals surface area contributed by atoms with Crippen molar-refractivity contribution in [3.63, 3.8) is 0 Å². The number of nitrogens with zero attached hydrogens (tertiary/aromatic N) is 1. The second-order valence-electron chi connectivity index (χ2n) is 4.11. The average Bonchev–Trinajstić information content (AvgIpc) is 2.38. The van der Waals surface area contributed by atoms with E-state index in [1.807, 2.05) is 17.8 Å². The highest BCUT2D eigenvalue weighted by Crippen LogP contribution is 2.23. The first kappa shape index (κ1) is 14.8. The highest BCUT2D eigenvalue weighted by atomic mass is 32.2. The summed E-state index contributed by atoms with van der Waals surface area (Å²) in [6.07, 6.45) is 6.84. The van der Waals surface area contributed by atoms with Crippen molar-refractivity contribution in [2.75, 3.05) is 23.9 Å². The van der Waals surface area contributed by atoms with Gasteiger partial charge in [0.05, 0.1) is 4.92 Å². The topological polar surface area (TPSA) is 55.2 Å². The number of rotatable bonds is 9. The Morgan fingerprint density at radius 2 is 1.94 bits per heavy atom. The third-order valence-electron chi connectivity index (χ3n) is 2.69.